The van der Waals surface area contributed by atoms with E-state index in [1.807, 2.05) is 0 Å². The molecule has 0 amide bonds. The summed E-state index contributed by atoms with van der Waals surface area (Å²) < 4.78 is 22.1. The fourth-order valence-corrected chi connectivity index (χ4v) is 10.4. The molecule has 6 nitrogen and oxygen atoms in total. The van der Waals surface area contributed by atoms with Crippen LogP contribution in [0.25, 0.3) is 0 Å². The zero-order chi connectivity index (χ0) is 25.8. The molecule has 4 saturated carbocycles. The zero-order valence-electron chi connectivity index (χ0n) is 23.1. The Kier molecular flexibility index (Phi) is 5.38. The summed E-state index contributed by atoms with van der Waals surface area (Å²) in [6.07, 6.45) is 10.5. The molecule has 8 rings (SSSR count). The van der Waals surface area contributed by atoms with Gasteiger partial charge < -0.3 is 18.9 Å². The van der Waals surface area contributed by atoms with Crippen molar-refractivity contribution in [3.63, 3.8) is 0 Å². The smallest absolute Gasteiger partial charge is 0.164 e. The van der Waals surface area contributed by atoms with Crippen LogP contribution in [0.4, 0.5) is 0 Å². The number of ether oxygens (including phenoxy) is 4. The Morgan fingerprint density at radius 1 is 0.919 bits per heavy atom. The third kappa shape index (κ3) is 3.44. The van der Waals surface area contributed by atoms with Gasteiger partial charge in [0.15, 0.2) is 11.6 Å². The quantitative estimate of drug-likeness (QED) is 0.316. The number of carbonyl (C=O) groups excluding carboxylic acids is 2. The van der Waals surface area contributed by atoms with Crippen LogP contribution in [0.15, 0.2) is 11.6 Å². The van der Waals surface area contributed by atoms with E-state index in [4.69, 9.17) is 18.9 Å². The first-order chi connectivity index (χ1) is 17.6. The molecule has 0 aromatic rings. The van der Waals surface area contributed by atoms with E-state index in [1.165, 1.54) is 6.42 Å². The molecule has 6 fully saturated rings. The summed E-state index contributed by atoms with van der Waals surface area (Å²) in [6, 6.07) is 0. The molecule has 0 radical (unpaired) electrons. The van der Waals surface area contributed by atoms with Gasteiger partial charge in [-0.1, -0.05) is 45.8 Å². The van der Waals surface area contributed by atoms with Crippen molar-refractivity contribution in [1.29, 1.82) is 0 Å². The number of carbonyl (C=O) groups is 2. The minimum Gasteiger partial charge on any atom is -0.371 e. The van der Waals surface area contributed by atoms with Crippen molar-refractivity contribution >= 4 is 11.6 Å². The molecule has 8 aliphatic rings. The van der Waals surface area contributed by atoms with Crippen LogP contribution in [0.1, 0.15) is 72.6 Å². The zero-order valence-corrected chi connectivity index (χ0v) is 23.1. The van der Waals surface area contributed by atoms with Gasteiger partial charge >= 0.3 is 0 Å². The number of hydrogen-bond acceptors (Lipinski definition) is 6. The Morgan fingerprint density at radius 3 is 2.27 bits per heavy atom. The van der Waals surface area contributed by atoms with Crippen molar-refractivity contribution in [2.75, 3.05) is 39.6 Å². The highest BCUT2D eigenvalue weighted by Crippen LogP contribution is 2.86. The van der Waals surface area contributed by atoms with Crippen molar-refractivity contribution in [2.45, 2.75) is 84.8 Å². The molecule has 9 atom stereocenters. The Labute approximate surface area is 221 Å². The summed E-state index contributed by atoms with van der Waals surface area (Å²) in [4.78, 5) is 27.3. The standard InChI is InChI=1S/C31H44O6/c1-27(2)24-11-30-9-6-23-28(3,7-5-8-29(23,4)26(33)18-35-14-20-16-37-20)25(30)12-31(24,27)21(10-30)22(32)17-34-13-19-15-36-19/h11,19-21,23,25H,5-10,12-18H2,1-4H3. The van der Waals surface area contributed by atoms with Crippen LogP contribution < -0.4 is 0 Å². The highest BCUT2D eigenvalue weighted by atomic mass is 16.6. The van der Waals surface area contributed by atoms with Crippen LogP contribution in [0.2, 0.25) is 0 Å². The number of epoxide rings is 2. The number of rotatable bonds is 10. The number of hydrogen-bond donors (Lipinski definition) is 0. The molecular weight excluding hydrogens is 468 g/mol. The average Bonchev–Trinajstić information content (AvgIpc) is 3.78. The third-order valence-electron chi connectivity index (χ3n) is 12.6. The first kappa shape index (κ1) is 24.9. The number of fused-ring (bicyclic) bond motifs is 2. The van der Waals surface area contributed by atoms with Crippen LogP contribution in [-0.2, 0) is 28.5 Å². The molecule has 2 aliphatic heterocycles. The monoisotopic (exact) mass is 512 g/mol. The summed E-state index contributed by atoms with van der Waals surface area (Å²) in [5.41, 5.74) is 1.46. The van der Waals surface area contributed by atoms with Gasteiger partial charge in [-0.15, -0.1) is 0 Å². The largest absolute Gasteiger partial charge is 0.371 e. The Bertz CT molecular complexity index is 1040. The van der Waals surface area contributed by atoms with Crippen LogP contribution in [0.5, 0.6) is 0 Å². The third-order valence-corrected chi connectivity index (χ3v) is 12.6. The highest BCUT2D eigenvalue weighted by molar-refractivity contribution is 5.87. The lowest BCUT2D eigenvalue weighted by molar-refractivity contribution is -0.179. The second-order valence-corrected chi connectivity index (χ2v) is 14.6. The summed E-state index contributed by atoms with van der Waals surface area (Å²) in [7, 11) is 0. The molecule has 2 saturated heterocycles. The van der Waals surface area contributed by atoms with E-state index in [0.29, 0.717) is 30.8 Å². The van der Waals surface area contributed by atoms with E-state index in [0.717, 1.165) is 51.7 Å². The predicted octanol–water partition coefficient (Wildman–Crippen LogP) is 4.54. The molecule has 2 spiro atoms. The molecule has 6 heteroatoms. The molecule has 2 bridgehead atoms. The van der Waals surface area contributed by atoms with E-state index in [9.17, 15) is 9.59 Å². The van der Waals surface area contributed by atoms with E-state index in [1.54, 1.807) is 5.57 Å². The highest BCUT2D eigenvalue weighted by Gasteiger charge is 2.80. The Hall–Kier alpha value is -1.08. The maximum Gasteiger partial charge on any atom is 0.164 e. The molecule has 9 unspecified atom stereocenters. The molecule has 37 heavy (non-hydrogen) atoms. The maximum absolute atomic E-state index is 13.7. The second kappa shape index (κ2) is 7.99. The van der Waals surface area contributed by atoms with Crippen LogP contribution in [-0.4, -0.2) is 63.4 Å². The topological polar surface area (TPSA) is 77.7 Å². The molecule has 0 aromatic heterocycles. The lowest BCUT2D eigenvalue weighted by Crippen LogP contribution is -2.62. The van der Waals surface area contributed by atoms with E-state index >= 15 is 0 Å². The van der Waals surface area contributed by atoms with Crippen molar-refractivity contribution in [3.05, 3.63) is 11.6 Å². The van der Waals surface area contributed by atoms with Gasteiger partial charge in [0, 0.05) is 16.7 Å². The van der Waals surface area contributed by atoms with E-state index < -0.39 is 0 Å². The van der Waals surface area contributed by atoms with Gasteiger partial charge in [0.05, 0.1) is 26.4 Å². The first-order valence-corrected chi connectivity index (χ1v) is 14.8. The lowest BCUT2D eigenvalue weighted by Gasteiger charge is -2.67. The van der Waals surface area contributed by atoms with Gasteiger partial charge in [-0.05, 0) is 66.6 Å². The molecular formula is C31H44O6. The van der Waals surface area contributed by atoms with Gasteiger partial charge in [-0.25, -0.2) is 0 Å². The fourth-order valence-electron chi connectivity index (χ4n) is 10.4. The summed E-state index contributed by atoms with van der Waals surface area (Å²) in [5, 5.41) is 0. The number of ketones is 2. The predicted molar refractivity (Wildman–Crippen MR) is 137 cm³/mol. The lowest BCUT2D eigenvalue weighted by atomic mass is 9.37. The van der Waals surface area contributed by atoms with Crippen LogP contribution >= 0.6 is 0 Å². The van der Waals surface area contributed by atoms with Gasteiger partial charge in [0.25, 0.3) is 0 Å². The summed E-state index contributed by atoms with van der Waals surface area (Å²) >= 11 is 0. The molecule has 204 valence electrons. The summed E-state index contributed by atoms with van der Waals surface area (Å²) in [5.74, 6) is 1.55. The van der Waals surface area contributed by atoms with Crippen LogP contribution in [0.3, 0.4) is 0 Å². The normalized spacial score (nSPS) is 49.8. The Balaban J connectivity index is 1.14. The SMILES string of the molecule is CC1(C(=O)COCC2CO2)CCCC2(C)C3CC45C(=CC3(CCC12)CC4C(=O)COCC1CO1)C5(C)C. The van der Waals surface area contributed by atoms with Crippen LogP contribution in [0, 0.1) is 44.8 Å². The van der Waals surface area contributed by atoms with Gasteiger partial charge in [0.1, 0.15) is 25.4 Å². The minimum atomic E-state index is -0.326. The van der Waals surface area contributed by atoms with Gasteiger partial charge in [-0.2, -0.15) is 0 Å². The van der Waals surface area contributed by atoms with Gasteiger partial charge in [0.2, 0.25) is 0 Å². The van der Waals surface area contributed by atoms with Crippen molar-refractivity contribution in [2.24, 2.45) is 44.8 Å². The average molecular weight is 513 g/mol. The summed E-state index contributed by atoms with van der Waals surface area (Å²) in [6.45, 7) is 12.5. The number of allylic oxidation sites excluding steroid dienone is 2. The first-order valence-electron chi connectivity index (χ1n) is 14.8. The van der Waals surface area contributed by atoms with E-state index in [-0.39, 0.29) is 64.2 Å². The fraction of sp³-hybridized carbons (Fsp3) is 0.871. The second-order valence-electron chi connectivity index (χ2n) is 14.6. The van der Waals surface area contributed by atoms with Crippen molar-refractivity contribution in [3.8, 4) is 0 Å². The maximum atomic E-state index is 13.7. The number of Topliss-reactive ketones (excluding diaryl/α,β-unsaturated/α-hetero) is 2. The molecule has 0 aromatic carbocycles. The van der Waals surface area contributed by atoms with Crippen molar-refractivity contribution < 1.29 is 28.5 Å². The van der Waals surface area contributed by atoms with E-state index in [2.05, 4.69) is 33.8 Å². The Morgan fingerprint density at radius 2 is 1.59 bits per heavy atom. The molecule has 0 N–H and O–H groups in total. The molecule has 6 aliphatic carbocycles. The minimum absolute atomic E-state index is 0.0218. The van der Waals surface area contributed by atoms with Gasteiger partial charge in [-0.3, -0.25) is 9.59 Å². The van der Waals surface area contributed by atoms with Crippen molar-refractivity contribution in [1.82, 2.24) is 0 Å². The molecule has 2 heterocycles.